The van der Waals surface area contributed by atoms with Gasteiger partial charge in [-0.1, -0.05) is 35.3 Å². The zero-order valence-electron chi connectivity index (χ0n) is 11.5. The third-order valence-electron chi connectivity index (χ3n) is 2.82. The summed E-state index contributed by atoms with van der Waals surface area (Å²) in [5.74, 6) is -0.290. The van der Waals surface area contributed by atoms with Crippen molar-refractivity contribution in [2.75, 3.05) is 13.7 Å². The molecular weight excluding hydrogens is 299 g/mol. The van der Waals surface area contributed by atoms with Crippen LogP contribution in [0.1, 0.15) is 25.5 Å². The highest BCUT2D eigenvalue weighted by Crippen LogP contribution is 2.30. The number of rotatable bonds is 5. The summed E-state index contributed by atoms with van der Waals surface area (Å²) in [4.78, 5) is 12.2. The second kappa shape index (κ2) is 6.94. The average molecular weight is 315 g/mol. The van der Waals surface area contributed by atoms with Gasteiger partial charge in [0.05, 0.1) is 28.1 Å². The molecule has 108 valence electrons. The van der Waals surface area contributed by atoms with E-state index in [0.717, 1.165) is 0 Å². The summed E-state index contributed by atoms with van der Waals surface area (Å²) in [6.45, 7) is 3.72. The third-order valence-corrected chi connectivity index (χ3v) is 3.65. The van der Waals surface area contributed by atoms with Crippen LogP contribution in [-0.2, 0) is 9.53 Å². The summed E-state index contributed by atoms with van der Waals surface area (Å²) in [7, 11) is 1.52. The molecule has 0 aliphatic rings. The van der Waals surface area contributed by atoms with Crippen molar-refractivity contribution in [1.29, 1.82) is 5.26 Å². The molecule has 20 heavy (non-hydrogen) atoms. The Bertz CT molecular complexity index is 538. The topological polar surface area (TPSA) is 62.1 Å². The van der Waals surface area contributed by atoms with Crippen LogP contribution in [0.25, 0.3) is 0 Å². The fraction of sp³-hybridized carbons (Fsp3) is 0.429. The second-order valence-corrected chi connectivity index (χ2v) is 5.78. The quantitative estimate of drug-likeness (QED) is 0.906. The van der Waals surface area contributed by atoms with E-state index in [0.29, 0.717) is 10.6 Å². The Labute approximate surface area is 128 Å². The number of nitrogens with one attached hydrogen (secondary N) is 1. The minimum Gasteiger partial charge on any atom is -0.384 e. The van der Waals surface area contributed by atoms with Gasteiger partial charge in [0.25, 0.3) is 0 Å². The second-order valence-electron chi connectivity index (χ2n) is 5.00. The SMILES string of the molecule is COCC(C)(C)C(=O)N[C@@H](C#N)c1cccc(Cl)c1Cl. The van der Waals surface area contributed by atoms with Crippen molar-refractivity contribution in [3.05, 3.63) is 33.8 Å². The Morgan fingerprint density at radius 2 is 2.15 bits per heavy atom. The van der Waals surface area contributed by atoms with E-state index in [1.54, 1.807) is 32.0 Å². The number of ether oxygens (including phenoxy) is 1. The number of nitriles is 1. The first-order valence-corrected chi connectivity index (χ1v) is 6.72. The average Bonchev–Trinajstić information content (AvgIpc) is 2.39. The Morgan fingerprint density at radius 3 is 2.70 bits per heavy atom. The standard InChI is InChI=1S/C14H16Cl2N2O2/c1-14(2,8-20-3)13(19)18-11(7-17)9-5-4-6-10(15)12(9)16/h4-6,11H,8H2,1-3H3,(H,18,19)/t11-/m0/s1. The Hall–Kier alpha value is -1.28. The maximum atomic E-state index is 12.2. The third kappa shape index (κ3) is 3.86. The van der Waals surface area contributed by atoms with Gasteiger partial charge in [0.15, 0.2) is 0 Å². The van der Waals surface area contributed by atoms with Gasteiger partial charge in [0, 0.05) is 12.7 Å². The van der Waals surface area contributed by atoms with Crippen molar-refractivity contribution in [2.45, 2.75) is 19.9 Å². The minimum absolute atomic E-state index is 0.250. The lowest BCUT2D eigenvalue weighted by Gasteiger charge is -2.24. The number of carbonyl (C=O) groups excluding carboxylic acids is 1. The largest absolute Gasteiger partial charge is 0.384 e. The molecule has 0 heterocycles. The highest BCUT2D eigenvalue weighted by Gasteiger charge is 2.30. The summed E-state index contributed by atoms with van der Waals surface area (Å²) in [5.41, 5.74) is -0.266. The molecule has 0 unspecified atom stereocenters. The van der Waals surface area contributed by atoms with Crippen molar-refractivity contribution in [2.24, 2.45) is 5.41 Å². The lowest BCUT2D eigenvalue weighted by atomic mass is 9.92. The van der Waals surface area contributed by atoms with Crippen LogP contribution in [0.2, 0.25) is 10.0 Å². The molecule has 0 radical (unpaired) electrons. The van der Waals surface area contributed by atoms with Gasteiger partial charge in [-0.05, 0) is 19.9 Å². The number of amides is 1. The number of benzene rings is 1. The van der Waals surface area contributed by atoms with Gasteiger partial charge in [0.2, 0.25) is 5.91 Å². The van der Waals surface area contributed by atoms with Crippen molar-refractivity contribution >= 4 is 29.1 Å². The molecule has 4 nitrogen and oxygen atoms in total. The van der Waals surface area contributed by atoms with Crippen LogP contribution < -0.4 is 5.32 Å². The van der Waals surface area contributed by atoms with Gasteiger partial charge in [-0.2, -0.15) is 5.26 Å². The lowest BCUT2D eigenvalue weighted by molar-refractivity contribution is -0.132. The van der Waals surface area contributed by atoms with Gasteiger partial charge in [-0.25, -0.2) is 0 Å². The first-order valence-electron chi connectivity index (χ1n) is 5.97. The first-order chi connectivity index (χ1) is 9.33. The lowest BCUT2D eigenvalue weighted by Crippen LogP contribution is -2.41. The summed E-state index contributed by atoms with van der Waals surface area (Å²) in [6, 6.07) is 6.12. The molecule has 1 aromatic carbocycles. The fourth-order valence-corrected chi connectivity index (χ4v) is 2.09. The molecule has 1 aromatic rings. The maximum Gasteiger partial charge on any atom is 0.229 e. The van der Waals surface area contributed by atoms with Crippen molar-refractivity contribution in [3.63, 3.8) is 0 Å². The number of methoxy groups -OCH3 is 1. The fourth-order valence-electron chi connectivity index (χ4n) is 1.68. The van der Waals surface area contributed by atoms with Crippen molar-refractivity contribution < 1.29 is 9.53 Å². The molecule has 1 atom stereocenters. The van der Waals surface area contributed by atoms with E-state index < -0.39 is 11.5 Å². The van der Waals surface area contributed by atoms with E-state index in [1.165, 1.54) is 7.11 Å². The smallest absolute Gasteiger partial charge is 0.229 e. The molecule has 1 amide bonds. The summed E-state index contributed by atoms with van der Waals surface area (Å²) < 4.78 is 5.00. The molecule has 0 saturated carbocycles. The van der Waals surface area contributed by atoms with E-state index >= 15 is 0 Å². The number of nitrogens with zero attached hydrogens (tertiary/aromatic N) is 1. The van der Waals surface area contributed by atoms with Crippen LogP contribution in [0.4, 0.5) is 0 Å². The molecular formula is C14H16Cl2N2O2. The zero-order valence-corrected chi connectivity index (χ0v) is 13.0. The van der Waals surface area contributed by atoms with E-state index in [-0.39, 0.29) is 17.5 Å². The van der Waals surface area contributed by atoms with Gasteiger partial charge in [-0.3, -0.25) is 4.79 Å². The highest BCUT2D eigenvalue weighted by molar-refractivity contribution is 6.42. The van der Waals surface area contributed by atoms with E-state index in [1.807, 2.05) is 6.07 Å². The predicted octanol–water partition coefficient (Wildman–Crippen LogP) is 3.35. The molecule has 0 saturated heterocycles. The molecule has 0 bridgehead atoms. The molecule has 0 fully saturated rings. The Morgan fingerprint density at radius 1 is 1.50 bits per heavy atom. The number of hydrogen-bond donors (Lipinski definition) is 1. The molecule has 0 aliphatic carbocycles. The molecule has 0 spiro atoms. The van der Waals surface area contributed by atoms with E-state index in [4.69, 9.17) is 27.9 Å². The molecule has 1 N–H and O–H groups in total. The summed E-state index contributed by atoms with van der Waals surface area (Å²) in [6.07, 6.45) is 0. The minimum atomic E-state index is -0.857. The molecule has 6 heteroatoms. The highest BCUT2D eigenvalue weighted by atomic mass is 35.5. The van der Waals surface area contributed by atoms with Crippen molar-refractivity contribution in [3.8, 4) is 6.07 Å². The zero-order chi connectivity index (χ0) is 15.3. The number of hydrogen-bond acceptors (Lipinski definition) is 3. The summed E-state index contributed by atoms with van der Waals surface area (Å²) in [5, 5.41) is 12.5. The Kier molecular flexibility index (Phi) is 5.82. The number of halogens is 2. The first kappa shape index (κ1) is 16.8. The van der Waals surface area contributed by atoms with Gasteiger partial charge < -0.3 is 10.1 Å². The van der Waals surface area contributed by atoms with Crippen LogP contribution in [0, 0.1) is 16.7 Å². The van der Waals surface area contributed by atoms with Gasteiger partial charge >= 0.3 is 0 Å². The Balaban J connectivity index is 2.97. The normalized spacial score (nSPS) is 12.6. The maximum absolute atomic E-state index is 12.2. The van der Waals surface area contributed by atoms with Gasteiger partial charge in [0.1, 0.15) is 6.04 Å². The van der Waals surface area contributed by atoms with Crippen LogP contribution in [0.3, 0.4) is 0 Å². The summed E-state index contributed by atoms with van der Waals surface area (Å²) >= 11 is 12.0. The number of carbonyl (C=O) groups is 1. The van der Waals surface area contributed by atoms with Crippen LogP contribution in [0.5, 0.6) is 0 Å². The van der Waals surface area contributed by atoms with Crippen molar-refractivity contribution in [1.82, 2.24) is 5.32 Å². The van der Waals surface area contributed by atoms with Gasteiger partial charge in [-0.15, -0.1) is 0 Å². The molecule has 0 aliphatic heterocycles. The van der Waals surface area contributed by atoms with E-state index in [9.17, 15) is 10.1 Å². The van der Waals surface area contributed by atoms with Crippen LogP contribution >= 0.6 is 23.2 Å². The van der Waals surface area contributed by atoms with Crippen LogP contribution in [-0.4, -0.2) is 19.6 Å². The molecule has 1 rings (SSSR count). The van der Waals surface area contributed by atoms with Crippen LogP contribution in [0.15, 0.2) is 18.2 Å². The molecule has 0 aromatic heterocycles. The monoisotopic (exact) mass is 314 g/mol. The predicted molar refractivity (Wildman–Crippen MR) is 78.6 cm³/mol. The van der Waals surface area contributed by atoms with E-state index in [2.05, 4.69) is 5.32 Å².